The van der Waals surface area contributed by atoms with Gasteiger partial charge in [-0.3, -0.25) is 14.7 Å². The molecular weight excluding hydrogens is 525 g/mol. The summed E-state index contributed by atoms with van der Waals surface area (Å²) >= 11 is 0. The molecule has 0 unspecified atom stereocenters. The quantitative estimate of drug-likeness (QED) is 0.307. The van der Waals surface area contributed by atoms with Gasteiger partial charge in [-0.25, -0.2) is 0 Å². The maximum atomic E-state index is 12.2. The number of aliphatic imine (C=N–C) groups is 1. The number of likely N-dealkylation sites (tertiary alicyclic amines) is 1. The van der Waals surface area contributed by atoms with Gasteiger partial charge in [-0.05, 0) is 55.0 Å². The summed E-state index contributed by atoms with van der Waals surface area (Å²) in [6.45, 7) is 6.17. The van der Waals surface area contributed by atoms with Gasteiger partial charge in [0, 0.05) is 58.9 Å². The lowest BCUT2D eigenvalue weighted by atomic mass is 10.0. The first kappa shape index (κ1) is 27.1. The summed E-state index contributed by atoms with van der Waals surface area (Å²) in [4.78, 5) is 20.7. The van der Waals surface area contributed by atoms with E-state index in [-0.39, 0.29) is 29.9 Å². The van der Waals surface area contributed by atoms with E-state index in [0.717, 1.165) is 62.5 Å². The van der Waals surface area contributed by atoms with Gasteiger partial charge in [-0.15, -0.1) is 24.0 Å². The van der Waals surface area contributed by atoms with Gasteiger partial charge in [0.1, 0.15) is 0 Å². The molecule has 0 radical (unpaired) electrons. The van der Waals surface area contributed by atoms with Crippen molar-refractivity contribution in [3.8, 4) is 0 Å². The van der Waals surface area contributed by atoms with Crippen molar-refractivity contribution in [2.75, 3.05) is 40.8 Å². The number of aryl methyl sites for hydroxylation is 1. The van der Waals surface area contributed by atoms with Crippen LogP contribution in [0.1, 0.15) is 39.9 Å². The Morgan fingerprint density at radius 3 is 2.52 bits per heavy atom. The fourth-order valence-corrected chi connectivity index (χ4v) is 4.10. The lowest BCUT2D eigenvalue weighted by molar-refractivity contribution is 0.0827. The second kappa shape index (κ2) is 13.5. The van der Waals surface area contributed by atoms with Crippen molar-refractivity contribution in [3.05, 3.63) is 70.8 Å². The van der Waals surface area contributed by atoms with Crippen molar-refractivity contribution in [1.29, 1.82) is 0 Å². The van der Waals surface area contributed by atoms with Crippen LogP contribution in [0.5, 0.6) is 0 Å². The molecule has 33 heavy (non-hydrogen) atoms. The van der Waals surface area contributed by atoms with Crippen LogP contribution in [-0.4, -0.2) is 68.5 Å². The molecule has 180 valence electrons. The Bertz CT molecular complexity index is 922. The van der Waals surface area contributed by atoms with Crippen molar-refractivity contribution in [2.24, 2.45) is 4.99 Å². The number of guanidine groups is 1. The Morgan fingerprint density at radius 1 is 1.12 bits per heavy atom. The first-order chi connectivity index (χ1) is 15.5. The predicted octanol–water partition coefficient (Wildman–Crippen LogP) is 3.69. The Hall–Kier alpha value is -2.13. The fourth-order valence-electron chi connectivity index (χ4n) is 4.10. The molecule has 7 heteroatoms. The highest BCUT2D eigenvalue weighted by Gasteiger charge is 2.20. The topological polar surface area (TPSA) is 60.0 Å². The Kier molecular flexibility index (Phi) is 11.1. The van der Waals surface area contributed by atoms with E-state index in [9.17, 15) is 4.79 Å². The predicted molar refractivity (Wildman–Crippen MR) is 148 cm³/mol. The highest BCUT2D eigenvalue weighted by molar-refractivity contribution is 14.0. The number of halogens is 1. The molecule has 1 aliphatic rings. The first-order valence-electron chi connectivity index (χ1n) is 11.5. The second-order valence-corrected chi connectivity index (χ2v) is 8.77. The smallest absolute Gasteiger partial charge is 0.253 e. The average molecular weight is 564 g/mol. The summed E-state index contributed by atoms with van der Waals surface area (Å²) in [7, 11) is 5.37. The summed E-state index contributed by atoms with van der Waals surface area (Å²) < 4.78 is 0. The number of nitrogens with zero attached hydrogens (tertiary/aromatic N) is 3. The number of hydrogen-bond donors (Lipinski definition) is 2. The van der Waals surface area contributed by atoms with Crippen LogP contribution in [0.25, 0.3) is 0 Å². The molecule has 0 aromatic heterocycles. The summed E-state index contributed by atoms with van der Waals surface area (Å²) in [6, 6.07) is 17.0. The van der Waals surface area contributed by atoms with Crippen molar-refractivity contribution in [3.63, 3.8) is 0 Å². The third kappa shape index (κ3) is 8.30. The zero-order valence-electron chi connectivity index (χ0n) is 20.3. The average Bonchev–Trinajstić information content (AvgIpc) is 2.80. The van der Waals surface area contributed by atoms with E-state index in [4.69, 9.17) is 0 Å². The van der Waals surface area contributed by atoms with E-state index in [1.54, 1.807) is 19.0 Å². The van der Waals surface area contributed by atoms with E-state index in [1.807, 2.05) is 25.2 Å². The van der Waals surface area contributed by atoms with Gasteiger partial charge >= 0.3 is 0 Å². The van der Waals surface area contributed by atoms with Crippen LogP contribution < -0.4 is 10.6 Å². The van der Waals surface area contributed by atoms with Gasteiger partial charge in [0.05, 0.1) is 0 Å². The Balaban J connectivity index is 0.00000385. The molecule has 0 saturated carbocycles. The molecule has 6 nitrogen and oxygen atoms in total. The van der Waals surface area contributed by atoms with Crippen molar-refractivity contribution < 1.29 is 4.79 Å². The lowest BCUT2D eigenvalue weighted by Crippen LogP contribution is -2.48. The normalized spacial score (nSPS) is 15.0. The molecular formula is C26H38IN5O. The fraction of sp³-hybridized carbons (Fsp3) is 0.462. The van der Waals surface area contributed by atoms with Crippen LogP contribution in [-0.2, 0) is 13.0 Å². The van der Waals surface area contributed by atoms with Crippen LogP contribution >= 0.6 is 24.0 Å². The number of hydrogen-bond acceptors (Lipinski definition) is 3. The minimum atomic E-state index is 0. The summed E-state index contributed by atoms with van der Waals surface area (Å²) in [6.07, 6.45) is 3.06. The largest absolute Gasteiger partial charge is 0.356 e. The standard InChI is InChI=1S/C26H37N5O.HI/c1-20-8-5-6-10-23(20)19-31-16-13-24(14-17-31)29-26(27-2)28-15-12-21-9-7-11-22(18-21)25(32)30(3)4;/h5-11,18,24H,12-17,19H2,1-4H3,(H2,27,28,29);1H. The first-order valence-corrected chi connectivity index (χ1v) is 11.5. The van der Waals surface area contributed by atoms with Crippen LogP contribution in [0.4, 0.5) is 0 Å². The minimum Gasteiger partial charge on any atom is -0.356 e. The van der Waals surface area contributed by atoms with E-state index in [1.165, 1.54) is 11.1 Å². The zero-order chi connectivity index (χ0) is 22.9. The number of nitrogens with one attached hydrogen (secondary N) is 2. The van der Waals surface area contributed by atoms with E-state index in [0.29, 0.717) is 6.04 Å². The third-order valence-electron chi connectivity index (χ3n) is 6.09. The molecule has 2 N–H and O–H groups in total. The van der Waals surface area contributed by atoms with Gasteiger partial charge in [-0.1, -0.05) is 36.4 Å². The highest BCUT2D eigenvalue weighted by atomic mass is 127. The van der Waals surface area contributed by atoms with Gasteiger partial charge in [0.2, 0.25) is 0 Å². The molecule has 3 rings (SSSR count). The summed E-state index contributed by atoms with van der Waals surface area (Å²) in [5, 5.41) is 7.01. The number of piperidine rings is 1. The number of rotatable bonds is 7. The molecule has 1 amide bonds. The van der Waals surface area contributed by atoms with E-state index < -0.39 is 0 Å². The molecule has 1 saturated heterocycles. The maximum Gasteiger partial charge on any atom is 0.253 e. The molecule has 2 aromatic rings. The van der Waals surface area contributed by atoms with Gasteiger partial charge < -0.3 is 15.5 Å². The van der Waals surface area contributed by atoms with Gasteiger partial charge in [0.15, 0.2) is 5.96 Å². The van der Waals surface area contributed by atoms with Gasteiger partial charge in [-0.2, -0.15) is 0 Å². The number of carbonyl (C=O) groups excluding carboxylic acids is 1. The molecule has 1 heterocycles. The van der Waals surface area contributed by atoms with Crippen molar-refractivity contribution >= 4 is 35.8 Å². The highest BCUT2D eigenvalue weighted by Crippen LogP contribution is 2.16. The Labute approximate surface area is 215 Å². The third-order valence-corrected chi connectivity index (χ3v) is 6.09. The summed E-state index contributed by atoms with van der Waals surface area (Å²) in [5.41, 5.74) is 4.67. The molecule has 0 spiro atoms. The molecule has 1 aliphatic heterocycles. The second-order valence-electron chi connectivity index (χ2n) is 8.77. The van der Waals surface area contributed by atoms with Crippen LogP contribution in [0, 0.1) is 6.92 Å². The molecule has 2 aromatic carbocycles. The Morgan fingerprint density at radius 2 is 1.85 bits per heavy atom. The van der Waals surface area contributed by atoms with Crippen LogP contribution in [0.3, 0.4) is 0 Å². The lowest BCUT2D eigenvalue weighted by Gasteiger charge is -2.33. The monoisotopic (exact) mass is 563 g/mol. The zero-order valence-corrected chi connectivity index (χ0v) is 22.6. The molecule has 1 fully saturated rings. The van der Waals surface area contributed by atoms with Crippen molar-refractivity contribution in [1.82, 2.24) is 20.4 Å². The van der Waals surface area contributed by atoms with E-state index >= 15 is 0 Å². The minimum absolute atomic E-state index is 0. The number of carbonyl (C=O) groups is 1. The van der Waals surface area contributed by atoms with E-state index in [2.05, 4.69) is 57.8 Å². The van der Waals surface area contributed by atoms with Crippen LogP contribution in [0.15, 0.2) is 53.5 Å². The maximum absolute atomic E-state index is 12.2. The number of amides is 1. The SMILES string of the molecule is CN=C(NCCc1cccc(C(=O)N(C)C)c1)NC1CCN(Cc2ccccc2C)CC1.I. The number of benzene rings is 2. The van der Waals surface area contributed by atoms with Crippen molar-refractivity contribution in [2.45, 2.75) is 38.8 Å². The molecule has 0 aliphatic carbocycles. The van der Waals surface area contributed by atoms with Gasteiger partial charge in [0.25, 0.3) is 5.91 Å². The molecule has 0 atom stereocenters. The summed E-state index contributed by atoms with van der Waals surface area (Å²) in [5.74, 6) is 0.883. The van der Waals surface area contributed by atoms with Crippen LogP contribution in [0.2, 0.25) is 0 Å². The molecule has 0 bridgehead atoms.